The number of carbonyl (C=O) groups excluding carboxylic acids is 1. The Hall–Kier alpha value is -2.38. The molecule has 2 rings (SSSR count). The molecule has 24 heavy (non-hydrogen) atoms. The minimum absolute atomic E-state index is 0.254. The van der Waals surface area contributed by atoms with Gasteiger partial charge < -0.3 is 5.32 Å². The molecule has 1 N–H and O–H groups in total. The summed E-state index contributed by atoms with van der Waals surface area (Å²) in [7, 11) is 0. The van der Waals surface area contributed by atoms with E-state index in [1.54, 1.807) is 18.2 Å². The summed E-state index contributed by atoms with van der Waals surface area (Å²) in [6, 6.07) is 7.23. The second-order valence-corrected chi connectivity index (χ2v) is 5.79. The molecule has 0 bridgehead atoms. The number of aromatic nitrogens is 1. The van der Waals surface area contributed by atoms with Crippen molar-refractivity contribution in [1.82, 2.24) is 9.88 Å². The van der Waals surface area contributed by atoms with Crippen LogP contribution in [0.3, 0.4) is 0 Å². The minimum atomic E-state index is -0.629. The molecule has 1 aromatic heterocycles. The van der Waals surface area contributed by atoms with Crippen molar-refractivity contribution in [2.24, 2.45) is 0 Å². The highest BCUT2D eigenvalue weighted by Gasteiger charge is 2.10. The molecule has 0 aliphatic heterocycles. The highest BCUT2D eigenvalue weighted by Crippen LogP contribution is 2.21. The average molecular weight is 370 g/mol. The summed E-state index contributed by atoms with van der Waals surface area (Å²) in [5.41, 5.74) is 0.0840. The largest absolute Gasteiger partial charge is 0.354 e. The molecule has 0 atom stereocenters. The maximum Gasteiger partial charge on any atom is 0.285 e. The van der Waals surface area contributed by atoms with Crippen LogP contribution in [0.2, 0.25) is 10.0 Å². The molecule has 0 spiro atoms. The van der Waals surface area contributed by atoms with Gasteiger partial charge in [0.25, 0.3) is 11.2 Å². The van der Waals surface area contributed by atoms with E-state index in [0.29, 0.717) is 23.0 Å². The highest BCUT2D eigenvalue weighted by molar-refractivity contribution is 6.35. The summed E-state index contributed by atoms with van der Waals surface area (Å²) in [4.78, 5) is 33.6. The number of halogens is 2. The fraction of sp³-hybridized carbons (Fsp3) is 0.200. The predicted molar refractivity (Wildman–Crippen MR) is 90.5 cm³/mol. The first-order chi connectivity index (χ1) is 11.4. The third kappa shape index (κ3) is 4.81. The van der Waals surface area contributed by atoms with Crippen LogP contribution in [-0.4, -0.2) is 21.9 Å². The van der Waals surface area contributed by atoms with Gasteiger partial charge in [-0.3, -0.25) is 24.3 Å². The lowest BCUT2D eigenvalue weighted by atomic mass is 10.1. The van der Waals surface area contributed by atoms with Crippen LogP contribution >= 0.6 is 23.2 Å². The number of rotatable bonds is 6. The number of nitro groups is 1. The molecule has 1 aromatic carbocycles. The highest BCUT2D eigenvalue weighted by atomic mass is 35.5. The maximum absolute atomic E-state index is 11.9. The molecule has 0 saturated carbocycles. The Morgan fingerprint density at radius 1 is 1.25 bits per heavy atom. The molecule has 1 heterocycles. The summed E-state index contributed by atoms with van der Waals surface area (Å²) in [5.74, 6) is -0.428. The van der Waals surface area contributed by atoms with Crippen molar-refractivity contribution in [3.63, 3.8) is 0 Å². The smallest absolute Gasteiger partial charge is 0.285 e. The quantitative estimate of drug-likeness (QED) is 0.624. The lowest BCUT2D eigenvalue weighted by molar-refractivity contribution is -0.385. The second kappa shape index (κ2) is 7.94. The van der Waals surface area contributed by atoms with Gasteiger partial charge in [0.2, 0.25) is 5.91 Å². The number of nitrogens with one attached hydrogen (secondary N) is 1. The van der Waals surface area contributed by atoms with Crippen molar-refractivity contribution < 1.29 is 9.72 Å². The van der Waals surface area contributed by atoms with Crippen molar-refractivity contribution in [2.75, 3.05) is 6.54 Å². The Kier molecular flexibility index (Phi) is 5.94. The van der Waals surface area contributed by atoms with E-state index in [0.717, 1.165) is 28.5 Å². The number of nitrogens with zero attached hydrogens (tertiary/aromatic N) is 2. The van der Waals surface area contributed by atoms with E-state index in [4.69, 9.17) is 23.2 Å². The third-order valence-corrected chi connectivity index (χ3v) is 3.81. The first kappa shape index (κ1) is 18.0. The van der Waals surface area contributed by atoms with Crippen LogP contribution in [0.5, 0.6) is 0 Å². The minimum Gasteiger partial charge on any atom is -0.354 e. The second-order valence-electron chi connectivity index (χ2n) is 4.95. The number of pyridine rings is 1. The zero-order valence-electron chi connectivity index (χ0n) is 12.4. The van der Waals surface area contributed by atoms with Crippen LogP contribution in [0.4, 0.5) is 5.69 Å². The first-order valence-electron chi connectivity index (χ1n) is 6.92. The summed E-state index contributed by atoms with van der Waals surface area (Å²) in [6.45, 7) is 0.0126. The van der Waals surface area contributed by atoms with Crippen LogP contribution in [-0.2, 0) is 17.8 Å². The number of carbonyl (C=O) groups is 1. The SMILES string of the molecule is O=C(Cn1cc([N+](=O)[O-])ccc1=O)NCCc1ccc(Cl)cc1Cl. The molecule has 1 amide bonds. The standard InChI is InChI=1S/C15H13Cl2N3O4/c16-11-2-1-10(13(17)7-11)5-6-18-14(21)9-19-8-12(20(23)24)3-4-15(19)22/h1-4,7-8H,5-6,9H2,(H,18,21). The fourth-order valence-corrected chi connectivity index (χ4v) is 2.52. The lowest BCUT2D eigenvalue weighted by Gasteiger charge is -2.08. The van der Waals surface area contributed by atoms with Gasteiger partial charge in [-0.25, -0.2) is 0 Å². The Balaban J connectivity index is 1.93. The van der Waals surface area contributed by atoms with Crippen molar-refractivity contribution in [3.8, 4) is 0 Å². The first-order valence-corrected chi connectivity index (χ1v) is 7.68. The molecule has 0 saturated heterocycles. The summed E-state index contributed by atoms with van der Waals surface area (Å²) in [5, 5.41) is 14.4. The lowest BCUT2D eigenvalue weighted by Crippen LogP contribution is -2.33. The summed E-state index contributed by atoms with van der Waals surface area (Å²) in [6.07, 6.45) is 1.53. The molecule has 126 valence electrons. The topological polar surface area (TPSA) is 94.2 Å². The van der Waals surface area contributed by atoms with Crippen molar-refractivity contribution in [3.05, 3.63) is 72.6 Å². The van der Waals surface area contributed by atoms with Crippen molar-refractivity contribution >= 4 is 34.8 Å². The fourth-order valence-electron chi connectivity index (χ4n) is 2.02. The van der Waals surface area contributed by atoms with Crippen LogP contribution in [0.1, 0.15) is 5.56 Å². The molecular formula is C15H13Cl2N3O4. The molecule has 0 radical (unpaired) electrons. The van der Waals surface area contributed by atoms with Gasteiger partial charge in [0.05, 0.1) is 11.1 Å². The van der Waals surface area contributed by atoms with E-state index in [1.165, 1.54) is 0 Å². The molecule has 0 aliphatic rings. The van der Waals surface area contributed by atoms with Gasteiger partial charge in [-0.1, -0.05) is 29.3 Å². The monoisotopic (exact) mass is 369 g/mol. The normalized spacial score (nSPS) is 10.4. The molecular weight excluding hydrogens is 357 g/mol. The van der Waals surface area contributed by atoms with E-state index >= 15 is 0 Å². The van der Waals surface area contributed by atoms with Gasteiger partial charge in [-0.05, 0) is 24.1 Å². The zero-order valence-corrected chi connectivity index (χ0v) is 13.9. The van der Waals surface area contributed by atoms with Gasteiger partial charge in [0, 0.05) is 28.7 Å². The Labute approximate surface area is 147 Å². The molecule has 2 aromatic rings. The van der Waals surface area contributed by atoms with Crippen molar-refractivity contribution in [2.45, 2.75) is 13.0 Å². The average Bonchev–Trinajstić information content (AvgIpc) is 2.51. The van der Waals surface area contributed by atoms with E-state index in [-0.39, 0.29) is 12.2 Å². The van der Waals surface area contributed by atoms with Gasteiger partial charge in [0.1, 0.15) is 6.54 Å². The van der Waals surface area contributed by atoms with Crippen LogP contribution in [0, 0.1) is 10.1 Å². The Morgan fingerprint density at radius 2 is 2.00 bits per heavy atom. The van der Waals surface area contributed by atoms with Gasteiger partial charge >= 0.3 is 0 Å². The molecule has 0 unspecified atom stereocenters. The molecule has 0 aliphatic carbocycles. The van der Waals surface area contributed by atoms with Gasteiger partial charge in [-0.15, -0.1) is 0 Å². The van der Waals surface area contributed by atoms with Gasteiger partial charge in [-0.2, -0.15) is 0 Å². The van der Waals surface area contributed by atoms with Crippen molar-refractivity contribution in [1.29, 1.82) is 0 Å². The number of benzene rings is 1. The summed E-state index contributed by atoms with van der Waals surface area (Å²) < 4.78 is 0.989. The Bertz CT molecular complexity index is 836. The van der Waals surface area contributed by atoms with Gasteiger partial charge in [0.15, 0.2) is 0 Å². The van der Waals surface area contributed by atoms with E-state index in [9.17, 15) is 19.7 Å². The van der Waals surface area contributed by atoms with E-state index in [1.807, 2.05) is 0 Å². The summed E-state index contributed by atoms with van der Waals surface area (Å²) >= 11 is 11.8. The molecule has 7 nitrogen and oxygen atoms in total. The van der Waals surface area contributed by atoms with Crippen LogP contribution in [0.25, 0.3) is 0 Å². The zero-order chi connectivity index (χ0) is 17.7. The van der Waals surface area contributed by atoms with Crippen LogP contribution < -0.4 is 10.9 Å². The third-order valence-electron chi connectivity index (χ3n) is 3.22. The van der Waals surface area contributed by atoms with Crippen LogP contribution in [0.15, 0.2) is 41.3 Å². The number of amides is 1. The molecule has 9 heteroatoms. The van der Waals surface area contributed by atoms with E-state index < -0.39 is 16.4 Å². The maximum atomic E-state index is 11.9. The predicted octanol–water partition coefficient (Wildman–Crippen LogP) is 2.42. The molecule has 0 fully saturated rings. The Morgan fingerprint density at radius 3 is 2.67 bits per heavy atom. The number of hydrogen-bond donors (Lipinski definition) is 1. The van der Waals surface area contributed by atoms with E-state index in [2.05, 4.69) is 5.32 Å². The number of hydrogen-bond acceptors (Lipinski definition) is 4.